The summed E-state index contributed by atoms with van der Waals surface area (Å²) in [6.45, 7) is 4.17. The Morgan fingerprint density at radius 3 is 2.66 bits per heavy atom. The topological polar surface area (TPSA) is 131 Å². The lowest BCUT2D eigenvalue weighted by atomic mass is 9.94. The molecule has 184 valence electrons. The van der Waals surface area contributed by atoms with Crippen LogP contribution in [0, 0.1) is 10.1 Å². The minimum atomic E-state index is -0.790. The number of ether oxygens (including phenoxy) is 1. The molecule has 0 radical (unpaired) electrons. The Kier molecular flexibility index (Phi) is 8.08. The molecule has 0 saturated heterocycles. The van der Waals surface area contributed by atoms with Gasteiger partial charge >= 0.3 is 12.0 Å². The molecule has 2 N–H and O–H groups in total. The number of unbranched alkanes of at least 4 members (excludes halogenated alkanes) is 1. The Bertz CT molecular complexity index is 1210. The standard InChI is InChI=1S/C24H25ClN4O6/c1-4-5-11-28-14(2)20(23(31)35-3)21(27-24(28)32)15-7-6-8-17(12-15)26-22(30)16-9-10-18(25)19(13-16)29(33)34/h6-10,12-13,21H,4-5,11H2,1-3H3,(H,26,30)(H,27,32)/t21-/m1/s1. The lowest BCUT2D eigenvalue weighted by Gasteiger charge is -2.35. The molecule has 0 saturated carbocycles. The number of methoxy groups -OCH3 is 1. The minimum Gasteiger partial charge on any atom is -0.466 e. The molecule has 0 fully saturated rings. The van der Waals surface area contributed by atoms with Gasteiger partial charge in [0, 0.05) is 29.6 Å². The molecule has 10 nitrogen and oxygen atoms in total. The summed E-state index contributed by atoms with van der Waals surface area (Å²) >= 11 is 5.82. The van der Waals surface area contributed by atoms with Gasteiger partial charge < -0.3 is 15.4 Å². The summed E-state index contributed by atoms with van der Waals surface area (Å²) in [4.78, 5) is 50.2. The molecule has 2 aromatic carbocycles. The van der Waals surface area contributed by atoms with E-state index in [2.05, 4.69) is 10.6 Å². The van der Waals surface area contributed by atoms with Crippen LogP contribution in [0.3, 0.4) is 0 Å². The molecule has 0 bridgehead atoms. The Balaban J connectivity index is 1.92. The number of esters is 1. The molecule has 0 unspecified atom stereocenters. The highest BCUT2D eigenvalue weighted by Crippen LogP contribution is 2.33. The number of carbonyl (C=O) groups is 3. The van der Waals surface area contributed by atoms with Crippen molar-refractivity contribution >= 4 is 40.9 Å². The van der Waals surface area contributed by atoms with Gasteiger partial charge in [-0.05, 0) is 43.2 Å². The molecule has 2 aromatic rings. The normalized spacial score (nSPS) is 15.5. The van der Waals surface area contributed by atoms with Gasteiger partial charge in [-0.1, -0.05) is 37.1 Å². The van der Waals surface area contributed by atoms with Crippen molar-refractivity contribution in [2.45, 2.75) is 32.7 Å². The van der Waals surface area contributed by atoms with Crippen molar-refractivity contribution in [1.82, 2.24) is 10.2 Å². The highest BCUT2D eigenvalue weighted by atomic mass is 35.5. The number of allylic oxidation sites excluding steroid dienone is 1. The second-order valence-corrected chi connectivity index (χ2v) is 8.29. The summed E-state index contributed by atoms with van der Waals surface area (Å²) in [7, 11) is 1.27. The van der Waals surface area contributed by atoms with Gasteiger partial charge in [0.1, 0.15) is 5.02 Å². The average Bonchev–Trinajstić information content (AvgIpc) is 2.83. The van der Waals surface area contributed by atoms with Gasteiger partial charge in [0.05, 0.1) is 23.6 Å². The van der Waals surface area contributed by atoms with Crippen LogP contribution in [0.4, 0.5) is 16.2 Å². The van der Waals surface area contributed by atoms with Crippen molar-refractivity contribution < 1.29 is 24.0 Å². The second kappa shape index (κ2) is 11.0. The van der Waals surface area contributed by atoms with E-state index in [4.69, 9.17) is 16.3 Å². The first-order valence-corrected chi connectivity index (χ1v) is 11.3. The van der Waals surface area contributed by atoms with E-state index in [1.165, 1.54) is 24.1 Å². The van der Waals surface area contributed by atoms with Crippen LogP contribution in [-0.4, -0.2) is 41.4 Å². The Morgan fingerprint density at radius 2 is 2.00 bits per heavy atom. The van der Waals surface area contributed by atoms with Crippen LogP contribution in [0.1, 0.15) is 48.7 Å². The molecule has 3 amide bonds. The smallest absolute Gasteiger partial charge is 0.337 e. The van der Waals surface area contributed by atoms with Crippen LogP contribution in [0.15, 0.2) is 53.7 Å². The maximum atomic E-state index is 12.8. The van der Waals surface area contributed by atoms with Crippen molar-refractivity contribution in [3.05, 3.63) is 80.0 Å². The van der Waals surface area contributed by atoms with E-state index < -0.39 is 22.8 Å². The number of nitrogens with zero attached hydrogens (tertiary/aromatic N) is 2. The fourth-order valence-electron chi connectivity index (χ4n) is 3.78. The molecule has 35 heavy (non-hydrogen) atoms. The fourth-order valence-corrected chi connectivity index (χ4v) is 3.97. The van der Waals surface area contributed by atoms with Crippen molar-refractivity contribution in [2.75, 3.05) is 19.0 Å². The first-order chi connectivity index (χ1) is 16.7. The number of rotatable bonds is 8. The van der Waals surface area contributed by atoms with Gasteiger partial charge in [-0.25, -0.2) is 9.59 Å². The number of nitro groups is 1. The molecular weight excluding hydrogens is 476 g/mol. The van der Waals surface area contributed by atoms with Crippen LogP contribution in [0.25, 0.3) is 0 Å². The number of nitrogens with one attached hydrogen (secondary N) is 2. The zero-order valence-corrected chi connectivity index (χ0v) is 20.2. The number of urea groups is 1. The second-order valence-electron chi connectivity index (χ2n) is 7.88. The summed E-state index contributed by atoms with van der Waals surface area (Å²) in [5, 5.41) is 16.6. The zero-order valence-electron chi connectivity index (χ0n) is 19.5. The van der Waals surface area contributed by atoms with E-state index >= 15 is 0 Å². The maximum absolute atomic E-state index is 12.8. The molecule has 1 aliphatic rings. The molecule has 1 aliphatic heterocycles. The van der Waals surface area contributed by atoms with E-state index in [0.29, 0.717) is 29.1 Å². The largest absolute Gasteiger partial charge is 0.466 e. The van der Waals surface area contributed by atoms with E-state index in [1.807, 2.05) is 6.92 Å². The summed E-state index contributed by atoms with van der Waals surface area (Å²) in [5.74, 6) is -1.16. The molecule has 0 aromatic heterocycles. The van der Waals surface area contributed by atoms with Crippen molar-refractivity contribution in [3.63, 3.8) is 0 Å². The number of carbonyl (C=O) groups excluding carboxylic acids is 3. The van der Waals surface area contributed by atoms with Gasteiger partial charge in [-0.2, -0.15) is 0 Å². The lowest BCUT2D eigenvalue weighted by molar-refractivity contribution is -0.384. The quantitative estimate of drug-likeness (QED) is 0.303. The number of hydrogen-bond acceptors (Lipinski definition) is 6. The number of amides is 3. The molecule has 11 heteroatoms. The first kappa shape index (κ1) is 25.7. The van der Waals surface area contributed by atoms with E-state index in [1.54, 1.807) is 31.2 Å². The van der Waals surface area contributed by atoms with Gasteiger partial charge in [0.25, 0.3) is 11.6 Å². The van der Waals surface area contributed by atoms with E-state index in [9.17, 15) is 24.5 Å². The molecule has 3 rings (SSSR count). The highest BCUT2D eigenvalue weighted by Gasteiger charge is 2.36. The van der Waals surface area contributed by atoms with Crippen LogP contribution in [0.5, 0.6) is 0 Å². The van der Waals surface area contributed by atoms with Gasteiger partial charge in [-0.3, -0.25) is 19.8 Å². The molecule has 0 spiro atoms. The first-order valence-electron chi connectivity index (χ1n) is 10.9. The number of benzene rings is 2. The lowest BCUT2D eigenvalue weighted by Crippen LogP contribution is -2.48. The molecular formula is C24H25ClN4O6. The third-order valence-corrected chi connectivity index (χ3v) is 5.94. The van der Waals surface area contributed by atoms with E-state index in [-0.39, 0.29) is 22.3 Å². The van der Waals surface area contributed by atoms with Gasteiger partial charge in [0.2, 0.25) is 0 Å². The molecule has 1 heterocycles. The van der Waals surface area contributed by atoms with Crippen LogP contribution < -0.4 is 10.6 Å². The number of anilines is 1. The number of nitro benzene ring substituents is 1. The molecule has 0 aliphatic carbocycles. The van der Waals surface area contributed by atoms with Crippen molar-refractivity contribution in [1.29, 1.82) is 0 Å². The van der Waals surface area contributed by atoms with Crippen LogP contribution in [0.2, 0.25) is 5.02 Å². The van der Waals surface area contributed by atoms with Crippen molar-refractivity contribution in [2.24, 2.45) is 0 Å². The average molecular weight is 501 g/mol. The van der Waals surface area contributed by atoms with E-state index in [0.717, 1.165) is 18.9 Å². The third-order valence-electron chi connectivity index (χ3n) is 5.62. The summed E-state index contributed by atoms with van der Waals surface area (Å²) in [5.41, 5.74) is 1.38. The zero-order chi connectivity index (χ0) is 25.7. The molecule has 1 atom stereocenters. The van der Waals surface area contributed by atoms with Crippen LogP contribution in [-0.2, 0) is 9.53 Å². The summed E-state index contributed by atoms with van der Waals surface area (Å²) in [6.07, 6.45) is 1.65. The summed E-state index contributed by atoms with van der Waals surface area (Å²) < 4.78 is 4.98. The Hall–Kier alpha value is -3.92. The Labute approximate surface area is 207 Å². The predicted molar refractivity (Wildman–Crippen MR) is 130 cm³/mol. The van der Waals surface area contributed by atoms with Gasteiger partial charge in [0.15, 0.2) is 0 Å². The van der Waals surface area contributed by atoms with Crippen molar-refractivity contribution in [3.8, 4) is 0 Å². The SMILES string of the molecule is CCCCN1C(=O)N[C@H](c2cccc(NC(=O)c3ccc(Cl)c([N+](=O)[O-])c3)c2)C(C(=O)OC)=C1C. The predicted octanol–water partition coefficient (Wildman–Crippen LogP) is 4.81. The van der Waals surface area contributed by atoms with Gasteiger partial charge in [-0.15, -0.1) is 0 Å². The number of halogens is 1. The Morgan fingerprint density at radius 1 is 1.26 bits per heavy atom. The fraction of sp³-hybridized carbons (Fsp3) is 0.292. The highest BCUT2D eigenvalue weighted by molar-refractivity contribution is 6.32. The summed E-state index contributed by atoms with van der Waals surface area (Å²) in [6, 6.07) is 9.24. The monoisotopic (exact) mass is 500 g/mol. The van der Waals surface area contributed by atoms with Crippen LogP contribution >= 0.6 is 11.6 Å². The third kappa shape index (κ3) is 5.60. The maximum Gasteiger partial charge on any atom is 0.337 e. The number of hydrogen-bond donors (Lipinski definition) is 2. The minimum absolute atomic E-state index is 0.0510.